The summed E-state index contributed by atoms with van der Waals surface area (Å²) in [5, 5.41) is 0.876. The lowest BCUT2D eigenvalue weighted by atomic mass is 9.97. The van der Waals surface area contributed by atoms with Gasteiger partial charge in [-0.25, -0.2) is 13.8 Å². The maximum atomic E-state index is 13.2. The number of benzene rings is 1. The van der Waals surface area contributed by atoms with E-state index in [2.05, 4.69) is 9.88 Å². The van der Waals surface area contributed by atoms with Gasteiger partial charge < -0.3 is 14.5 Å². The quantitative estimate of drug-likeness (QED) is 0.815. The first-order valence-electron chi connectivity index (χ1n) is 8.91. The van der Waals surface area contributed by atoms with Gasteiger partial charge in [-0.1, -0.05) is 17.4 Å². The van der Waals surface area contributed by atoms with Gasteiger partial charge in [0.05, 0.1) is 17.2 Å². The fourth-order valence-electron chi connectivity index (χ4n) is 3.42. The van der Waals surface area contributed by atoms with Crippen LogP contribution in [-0.4, -0.2) is 54.5 Å². The third-order valence-corrected chi connectivity index (χ3v) is 6.06. The highest BCUT2D eigenvalue weighted by atomic mass is 32.1. The summed E-state index contributed by atoms with van der Waals surface area (Å²) < 4.78 is 33.2. The van der Waals surface area contributed by atoms with Crippen molar-refractivity contribution >= 4 is 32.6 Å². The number of piperidine rings is 1. The van der Waals surface area contributed by atoms with E-state index in [1.165, 1.54) is 0 Å². The van der Waals surface area contributed by atoms with Crippen molar-refractivity contribution < 1.29 is 18.3 Å². The van der Waals surface area contributed by atoms with Gasteiger partial charge in [0.15, 0.2) is 5.13 Å². The van der Waals surface area contributed by atoms with Crippen molar-refractivity contribution in [1.29, 1.82) is 0 Å². The Balaban J connectivity index is 1.39. The highest BCUT2D eigenvalue weighted by Gasteiger charge is 2.41. The molecule has 2 aliphatic heterocycles. The lowest BCUT2D eigenvalue weighted by molar-refractivity contribution is -0.142. The molecule has 0 bridgehead atoms. The molecule has 26 heavy (non-hydrogen) atoms. The minimum atomic E-state index is -2.62. The molecule has 1 amide bonds. The Labute approximate surface area is 154 Å². The second-order valence-electron chi connectivity index (χ2n) is 6.82. The van der Waals surface area contributed by atoms with E-state index in [1.807, 2.05) is 25.1 Å². The van der Waals surface area contributed by atoms with Crippen LogP contribution in [0.4, 0.5) is 13.9 Å². The molecule has 0 unspecified atom stereocenters. The summed E-state index contributed by atoms with van der Waals surface area (Å²) in [5.74, 6) is -1.98. The molecule has 140 valence electrons. The van der Waals surface area contributed by atoms with E-state index in [4.69, 9.17) is 4.74 Å². The van der Waals surface area contributed by atoms with Crippen LogP contribution in [0.2, 0.25) is 0 Å². The number of halogens is 2. The molecule has 3 heterocycles. The Kier molecular flexibility index (Phi) is 4.46. The van der Waals surface area contributed by atoms with Crippen LogP contribution in [0.1, 0.15) is 19.8 Å². The summed E-state index contributed by atoms with van der Waals surface area (Å²) in [6.45, 7) is 4.02. The van der Waals surface area contributed by atoms with Crippen molar-refractivity contribution in [3.05, 3.63) is 18.2 Å². The fourth-order valence-corrected chi connectivity index (χ4v) is 4.42. The van der Waals surface area contributed by atoms with Crippen molar-refractivity contribution in [3.63, 3.8) is 0 Å². The molecule has 2 aromatic rings. The molecule has 2 fully saturated rings. The molecule has 1 aromatic heterocycles. The first kappa shape index (κ1) is 17.5. The van der Waals surface area contributed by atoms with E-state index in [0.29, 0.717) is 19.7 Å². The van der Waals surface area contributed by atoms with Gasteiger partial charge in [-0.15, -0.1) is 0 Å². The molecular weight excluding hydrogens is 360 g/mol. The van der Waals surface area contributed by atoms with E-state index in [-0.39, 0.29) is 37.8 Å². The number of nitrogens with zero attached hydrogens (tertiary/aromatic N) is 3. The van der Waals surface area contributed by atoms with Crippen LogP contribution in [-0.2, 0) is 4.79 Å². The zero-order chi connectivity index (χ0) is 18.3. The first-order chi connectivity index (χ1) is 12.5. The van der Waals surface area contributed by atoms with Crippen LogP contribution in [0.3, 0.4) is 0 Å². The number of para-hydroxylation sites is 1. The number of rotatable bonds is 4. The van der Waals surface area contributed by atoms with Crippen molar-refractivity contribution in [2.24, 2.45) is 5.92 Å². The number of alkyl halides is 2. The van der Waals surface area contributed by atoms with Gasteiger partial charge in [0.1, 0.15) is 11.3 Å². The number of fused-ring (bicyclic) bond motifs is 1. The summed E-state index contributed by atoms with van der Waals surface area (Å²) in [7, 11) is 0. The van der Waals surface area contributed by atoms with Crippen LogP contribution < -0.4 is 9.64 Å². The molecule has 1 aromatic carbocycles. The molecule has 0 N–H and O–H groups in total. The summed E-state index contributed by atoms with van der Waals surface area (Å²) in [4.78, 5) is 20.8. The number of anilines is 1. The third kappa shape index (κ3) is 3.22. The number of amides is 1. The Hall–Kier alpha value is -1.96. The Morgan fingerprint density at radius 2 is 2.08 bits per heavy atom. The maximum Gasteiger partial charge on any atom is 0.251 e. The monoisotopic (exact) mass is 381 g/mol. The maximum absolute atomic E-state index is 13.2. The second-order valence-corrected chi connectivity index (χ2v) is 7.82. The molecule has 2 aliphatic rings. The summed E-state index contributed by atoms with van der Waals surface area (Å²) in [6, 6.07) is 5.86. The van der Waals surface area contributed by atoms with Crippen LogP contribution >= 0.6 is 11.3 Å². The number of aromatic nitrogens is 1. The molecule has 8 heteroatoms. The predicted octanol–water partition coefficient (Wildman–Crippen LogP) is 3.39. The van der Waals surface area contributed by atoms with E-state index >= 15 is 0 Å². The summed E-state index contributed by atoms with van der Waals surface area (Å²) in [6.07, 6.45) is -0.458. The van der Waals surface area contributed by atoms with E-state index in [1.54, 1.807) is 16.2 Å². The van der Waals surface area contributed by atoms with Gasteiger partial charge in [-0.05, 0) is 19.1 Å². The topological polar surface area (TPSA) is 45.7 Å². The predicted molar refractivity (Wildman–Crippen MR) is 97.3 cm³/mol. The molecule has 0 aliphatic carbocycles. The highest BCUT2D eigenvalue weighted by Crippen LogP contribution is 2.37. The Morgan fingerprint density at radius 3 is 2.77 bits per heavy atom. The number of thiazole rings is 1. The average Bonchev–Trinajstić information content (AvgIpc) is 2.98. The number of hydrogen-bond acceptors (Lipinski definition) is 5. The van der Waals surface area contributed by atoms with Gasteiger partial charge in [0.25, 0.3) is 5.92 Å². The first-order valence-corrected chi connectivity index (χ1v) is 9.72. The number of hydrogen-bond donors (Lipinski definition) is 0. The lowest BCUT2D eigenvalue weighted by Gasteiger charge is -2.42. The smallest absolute Gasteiger partial charge is 0.251 e. The molecule has 0 radical (unpaired) electrons. The fraction of sp³-hybridized carbons (Fsp3) is 0.556. The minimum Gasteiger partial charge on any atom is -0.492 e. The van der Waals surface area contributed by atoms with E-state index in [9.17, 15) is 13.6 Å². The van der Waals surface area contributed by atoms with Crippen LogP contribution in [0.5, 0.6) is 5.75 Å². The average molecular weight is 381 g/mol. The van der Waals surface area contributed by atoms with Crippen molar-refractivity contribution in [2.45, 2.75) is 25.7 Å². The lowest BCUT2D eigenvalue weighted by Crippen LogP contribution is -2.56. The van der Waals surface area contributed by atoms with Gasteiger partial charge in [0.2, 0.25) is 5.91 Å². The van der Waals surface area contributed by atoms with Gasteiger partial charge in [-0.3, -0.25) is 4.79 Å². The number of carbonyl (C=O) groups excluding carboxylic acids is 1. The Morgan fingerprint density at radius 1 is 1.35 bits per heavy atom. The molecule has 0 saturated carbocycles. The van der Waals surface area contributed by atoms with E-state index in [0.717, 1.165) is 21.1 Å². The molecular formula is C18H21F2N3O2S. The normalized spacial score (nSPS) is 20.3. The van der Waals surface area contributed by atoms with Crippen molar-refractivity contribution in [1.82, 2.24) is 9.88 Å². The van der Waals surface area contributed by atoms with E-state index < -0.39 is 5.92 Å². The minimum absolute atomic E-state index is 0.00661. The van der Waals surface area contributed by atoms with Gasteiger partial charge in [-0.2, -0.15) is 0 Å². The van der Waals surface area contributed by atoms with Gasteiger partial charge in [0, 0.05) is 39.0 Å². The summed E-state index contributed by atoms with van der Waals surface area (Å²) in [5.41, 5.74) is 0.849. The largest absolute Gasteiger partial charge is 0.492 e. The van der Waals surface area contributed by atoms with Crippen LogP contribution in [0, 0.1) is 5.92 Å². The molecule has 0 spiro atoms. The van der Waals surface area contributed by atoms with Crippen LogP contribution in [0.25, 0.3) is 10.2 Å². The van der Waals surface area contributed by atoms with Gasteiger partial charge >= 0.3 is 0 Å². The van der Waals surface area contributed by atoms with Crippen molar-refractivity contribution in [2.75, 3.05) is 37.7 Å². The number of carbonyl (C=O) groups is 1. The molecule has 4 rings (SSSR count). The second kappa shape index (κ2) is 6.64. The SMILES string of the molecule is CCOc1cccc2sc(N3CC(C(=O)N4CCC(F)(F)CC4)C3)nc12. The number of ether oxygens (including phenoxy) is 1. The zero-order valence-corrected chi connectivity index (χ0v) is 15.4. The zero-order valence-electron chi connectivity index (χ0n) is 14.6. The number of likely N-dealkylation sites (tertiary alicyclic amines) is 1. The Bertz CT molecular complexity index is 810. The highest BCUT2D eigenvalue weighted by molar-refractivity contribution is 7.22. The van der Waals surface area contributed by atoms with Crippen LogP contribution in [0.15, 0.2) is 18.2 Å². The molecule has 0 atom stereocenters. The summed E-state index contributed by atoms with van der Waals surface area (Å²) >= 11 is 1.58. The van der Waals surface area contributed by atoms with Crippen molar-refractivity contribution in [3.8, 4) is 5.75 Å². The molecule has 5 nitrogen and oxygen atoms in total. The third-order valence-electron chi connectivity index (χ3n) is 4.98. The standard InChI is InChI=1S/C18H21F2N3O2S/c1-2-25-13-4-3-5-14-15(13)21-17(26-14)23-10-12(11-23)16(24)22-8-6-18(19,20)7-9-22/h3-5,12H,2,6-11H2,1H3. The molecule has 2 saturated heterocycles.